The number of benzene rings is 2. The third kappa shape index (κ3) is 4.69. The first kappa shape index (κ1) is 20.3. The third-order valence-corrected chi connectivity index (χ3v) is 5.15. The van der Waals surface area contributed by atoms with Gasteiger partial charge in [-0.05, 0) is 42.5 Å². The van der Waals surface area contributed by atoms with Gasteiger partial charge < -0.3 is 5.32 Å². The summed E-state index contributed by atoms with van der Waals surface area (Å²) in [6.45, 7) is 1.66. The molecule has 1 heterocycles. The first-order valence-corrected chi connectivity index (χ1v) is 9.52. The summed E-state index contributed by atoms with van der Waals surface area (Å²) >= 11 is 0.860. The topological polar surface area (TPSA) is 110 Å². The molecule has 9 heteroatoms. The Morgan fingerprint density at radius 2 is 1.93 bits per heavy atom. The number of aryl methyl sites for hydroxylation is 1. The highest BCUT2D eigenvalue weighted by Gasteiger charge is 2.34. The second-order valence-electron chi connectivity index (χ2n) is 6.26. The number of rotatable bonds is 6. The zero-order valence-corrected chi connectivity index (χ0v) is 16.3. The fraction of sp³-hybridized carbons (Fsp3) is 0.150. The molecule has 1 fully saturated rings. The molecule has 0 bridgehead atoms. The van der Waals surface area contributed by atoms with Crippen molar-refractivity contribution in [2.24, 2.45) is 0 Å². The van der Waals surface area contributed by atoms with E-state index < -0.39 is 22.0 Å². The number of amides is 3. The van der Waals surface area contributed by atoms with Gasteiger partial charge in [0.1, 0.15) is 0 Å². The number of nitro benzene ring substituents is 1. The van der Waals surface area contributed by atoms with Crippen molar-refractivity contribution < 1.29 is 19.3 Å². The van der Waals surface area contributed by atoms with Gasteiger partial charge in [-0.1, -0.05) is 30.3 Å². The summed E-state index contributed by atoms with van der Waals surface area (Å²) < 4.78 is 0. The van der Waals surface area contributed by atoms with Crippen LogP contribution in [0.2, 0.25) is 0 Å². The van der Waals surface area contributed by atoms with Crippen LogP contribution in [0.5, 0.6) is 0 Å². The Hall–Kier alpha value is -3.46. The van der Waals surface area contributed by atoms with Crippen LogP contribution in [0.15, 0.2) is 53.4 Å². The standard InChI is InChI=1S/C20H17N3O5S/c1-13-11-15(7-8-16(13)23(27)28)18(24)21-9-10-22-19(25)17(29-20(22)26)12-14-5-3-2-4-6-14/h2-8,11-12H,9-10H2,1H3,(H,21,24). The predicted molar refractivity (Wildman–Crippen MR) is 109 cm³/mol. The molecule has 0 radical (unpaired) electrons. The molecular weight excluding hydrogens is 394 g/mol. The summed E-state index contributed by atoms with van der Waals surface area (Å²) in [6, 6.07) is 13.3. The number of nitrogens with zero attached hydrogens (tertiary/aromatic N) is 2. The highest BCUT2D eigenvalue weighted by Crippen LogP contribution is 2.31. The Bertz CT molecular complexity index is 1020. The Balaban J connectivity index is 1.59. The summed E-state index contributed by atoms with van der Waals surface area (Å²) in [7, 11) is 0. The first-order chi connectivity index (χ1) is 13.9. The van der Waals surface area contributed by atoms with Gasteiger partial charge in [0.2, 0.25) is 0 Å². The van der Waals surface area contributed by atoms with Gasteiger partial charge in [0.25, 0.3) is 22.7 Å². The lowest BCUT2D eigenvalue weighted by Crippen LogP contribution is -2.37. The Morgan fingerprint density at radius 1 is 1.21 bits per heavy atom. The maximum atomic E-state index is 12.5. The molecule has 1 aliphatic heterocycles. The second kappa shape index (κ2) is 8.70. The van der Waals surface area contributed by atoms with Crippen molar-refractivity contribution in [3.8, 4) is 0 Å². The van der Waals surface area contributed by atoms with Crippen LogP contribution in [0.25, 0.3) is 6.08 Å². The van der Waals surface area contributed by atoms with Crippen molar-refractivity contribution in [2.75, 3.05) is 13.1 Å². The zero-order valence-electron chi connectivity index (χ0n) is 15.5. The molecule has 0 saturated carbocycles. The van der Waals surface area contributed by atoms with Crippen molar-refractivity contribution in [1.29, 1.82) is 0 Å². The fourth-order valence-corrected chi connectivity index (χ4v) is 3.64. The van der Waals surface area contributed by atoms with Crippen LogP contribution in [-0.2, 0) is 4.79 Å². The van der Waals surface area contributed by atoms with E-state index in [4.69, 9.17) is 0 Å². The lowest BCUT2D eigenvalue weighted by molar-refractivity contribution is -0.385. The molecule has 3 rings (SSSR count). The molecule has 1 aliphatic rings. The lowest BCUT2D eigenvalue weighted by atomic mass is 10.1. The molecule has 2 aromatic carbocycles. The predicted octanol–water partition coefficient (Wildman–Crippen LogP) is 3.37. The van der Waals surface area contributed by atoms with Crippen LogP contribution in [0.1, 0.15) is 21.5 Å². The van der Waals surface area contributed by atoms with E-state index in [0.29, 0.717) is 10.5 Å². The Morgan fingerprint density at radius 3 is 2.59 bits per heavy atom. The number of thioether (sulfide) groups is 1. The second-order valence-corrected chi connectivity index (χ2v) is 7.25. The summed E-state index contributed by atoms with van der Waals surface area (Å²) in [5, 5.41) is 13.1. The molecular formula is C20H17N3O5S. The van der Waals surface area contributed by atoms with E-state index in [9.17, 15) is 24.5 Å². The summed E-state index contributed by atoms with van der Waals surface area (Å²) in [5.74, 6) is -0.834. The molecule has 0 unspecified atom stereocenters. The van der Waals surface area contributed by atoms with E-state index >= 15 is 0 Å². The van der Waals surface area contributed by atoms with E-state index in [1.165, 1.54) is 18.2 Å². The van der Waals surface area contributed by atoms with Crippen molar-refractivity contribution in [3.63, 3.8) is 0 Å². The summed E-state index contributed by atoms with van der Waals surface area (Å²) in [6.07, 6.45) is 1.66. The van der Waals surface area contributed by atoms with E-state index in [-0.39, 0.29) is 24.3 Å². The van der Waals surface area contributed by atoms with E-state index in [1.54, 1.807) is 13.0 Å². The molecule has 1 saturated heterocycles. The molecule has 8 nitrogen and oxygen atoms in total. The molecule has 2 aromatic rings. The number of nitro groups is 1. The fourth-order valence-electron chi connectivity index (χ4n) is 2.78. The number of imide groups is 1. The molecule has 0 aliphatic carbocycles. The van der Waals surface area contributed by atoms with Crippen LogP contribution < -0.4 is 5.32 Å². The van der Waals surface area contributed by atoms with Crippen LogP contribution in [0.4, 0.5) is 10.5 Å². The van der Waals surface area contributed by atoms with Gasteiger partial charge in [-0.15, -0.1) is 0 Å². The molecule has 0 aromatic heterocycles. The van der Waals surface area contributed by atoms with Crippen molar-refractivity contribution in [2.45, 2.75) is 6.92 Å². The minimum absolute atomic E-state index is 0.0362. The smallest absolute Gasteiger partial charge is 0.293 e. The van der Waals surface area contributed by atoms with Crippen LogP contribution in [0, 0.1) is 17.0 Å². The van der Waals surface area contributed by atoms with Crippen LogP contribution in [0.3, 0.4) is 0 Å². The van der Waals surface area contributed by atoms with Crippen molar-refractivity contribution in [1.82, 2.24) is 10.2 Å². The molecule has 29 heavy (non-hydrogen) atoms. The van der Waals surface area contributed by atoms with Gasteiger partial charge in [0.05, 0.1) is 9.83 Å². The SMILES string of the molecule is Cc1cc(C(=O)NCCN2C(=O)SC(=Cc3ccccc3)C2=O)ccc1[N+](=O)[O-]. The number of carbonyl (C=O) groups is 3. The quantitative estimate of drug-likeness (QED) is 0.443. The van der Waals surface area contributed by atoms with E-state index in [1.807, 2.05) is 30.3 Å². The van der Waals surface area contributed by atoms with Gasteiger partial charge in [-0.3, -0.25) is 29.4 Å². The average molecular weight is 411 g/mol. The maximum Gasteiger partial charge on any atom is 0.293 e. The monoisotopic (exact) mass is 411 g/mol. The first-order valence-electron chi connectivity index (χ1n) is 8.70. The highest BCUT2D eigenvalue weighted by atomic mass is 32.2. The van der Waals surface area contributed by atoms with Gasteiger partial charge in [0, 0.05) is 30.3 Å². The number of carbonyl (C=O) groups excluding carboxylic acids is 3. The van der Waals surface area contributed by atoms with Crippen LogP contribution >= 0.6 is 11.8 Å². The maximum absolute atomic E-state index is 12.5. The molecule has 1 N–H and O–H groups in total. The molecule has 148 valence electrons. The van der Waals surface area contributed by atoms with Crippen molar-refractivity contribution in [3.05, 3.63) is 80.2 Å². The largest absolute Gasteiger partial charge is 0.350 e. The number of nitrogens with one attached hydrogen (secondary N) is 1. The van der Waals surface area contributed by atoms with Gasteiger partial charge in [0.15, 0.2) is 0 Å². The minimum atomic E-state index is -0.514. The van der Waals surface area contributed by atoms with Gasteiger partial charge in [-0.25, -0.2) is 0 Å². The molecule has 0 spiro atoms. The number of hydrogen-bond acceptors (Lipinski definition) is 6. The van der Waals surface area contributed by atoms with E-state index in [0.717, 1.165) is 22.2 Å². The third-order valence-electron chi connectivity index (χ3n) is 4.25. The molecule has 0 atom stereocenters. The minimum Gasteiger partial charge on any atom is -0.350 e. The Kier molecular flexibility index (Phi) is 6.08. The van der Waals surface area contributed by atoms with Crippen LogP contribution in [-0.4, -0.2) is 40.0 Å². The lowest BCUT2D eigenvalue weighted by Gasteiger charge is -2.13. The van der Waals surface area contributed by atoms with E-state index in [2.05, 4.69) is 5.32 Å². The molecule has 3 amide bonds. The Labute approximate surface area is 170 Å². The summed E-state index contributed by atoms with van der Waals surface area (Å²) in [4.78, 5) is 48.6. The summed E-state index contributed by atoms with van der Waals surface area (Å²) in [5.41, 5.74) is 1.40. The average Bonchev–Trinajstić information content (AvgIpc) is 2.95. The zero-order chi connectivity index (χ0) is 21.0. The van der Waals surface area contributed by atoms with Gasteiger partial charge >= 0.3 is 0 Å². The van der Waals surface area contributed by atoms with Gasteiger partial charge in [-0.2, -0.15) is 0 Å². The number of hydrogen-bond donors (Lipinski definition) is 1. The highest BCUT2D eigenvalue weighted by molar-refractivity contribution is 8.18. The normalized spacial score (nSPS) is 15.1. The van der Waals surface area contributed by atoms with Crippen molar-refractivity contribution >= 4 is 40.6 Å².